The summed E-state index contributed by atoms with van der Waals surface area (Å²) in [6, 6.07) is 61.2. The molecule has 1 aliphatic carbocycles. The van der Waals surface area contributed by atoms with Crippen LogP contribution in [0.1, 0.15) is 121 Å². The first kappa shape index (κ1) is 86.1. The molecule has 9 aromatic carbocycles. The highest BCUT2D eigenvalue weighted by Gasteiger charge is 2.29. The molecular weight excluding hydrogens is 1570 g/mol. The van der Waals surface area contributed by atoms with Crippen molar-refractivity contribution in [3.05, 3.63) is 293 Å². The van der Waals surface area contributed by atoms with E-state index in [9.17, 15) is 47.3 Å². The number of nitro groups is 1. The number of benzene rings is 9. The van der Waals surface area contributed by atoms with E-state index < -0.39 is 14.9 Å². The molecular formula is C91H93Cl3N8O14S. The molecule has 3 amide bonds. The first-order valence-corrected chi connectivity index (χ1v) is 41.5. The normalized spacial score (nSPS) is 12.6. The molecule has 1 saturated heterocycles. The van der Waals surface area contributed by atoms with E-state index in [0.29, 0.717) is 62.1 Å². The van der Waals surface area contributed by atoms with Crippen LogP contribution in [0.5, 0.6) is 23.0 Å². The fourth-order valence-electron chi connectivity index (χ4n) is 14.6. The number of nitrogens with one attached hydrogen (secondary N) is 2. The van der Waals surface area contributed by atoms with Crippen LogP contribution in [0, 0.1) is 30.9 Å². The number of anilines is 1. The van der Waals surface area contributed by atoms with Crippen molar-refractivity contribution < 1.29 is 61.1 Å². The predicted octanol–water partition coefficient (Wildman–Crippen LogP) is 17.9. The summed E-state index contributed by atoms with van der Waals surface area (Å²) < 4.78 is 52.1. The highest BCUT2D eigenvalue weighted by molar-refractivity contribution is 7.92. The number of carbonyl (C=O) groups is 6. The van der Waals surface area contributed by atoms with Gasteiger partial charge >= 0.3 is 0 Å². The standard InChI is InChI=1S/C28H27ClN2O3.C27H25ClN2O3.C23H23ClN2O3.C13H18N2O5S/c1-19-24(18-27(32)30(2)16-15-20-7-5-4-6-8-20)25-17-23(34-3)13-14-26(25)31(19)28(33)21-9-11-22(29)12-10-21;1-18-23(17-26(31)29-15-14-19-6-4-3-5-7-19)24-16-22(33-2)12-13-25(24)30(18)27(32)20-8-10-21(28)11-9-20;1-15-19(14-22(27)25-11-3-4-12-25)20-13-18(29-2)9-10-21(20)26(15)23(28)16-5-7-17(24)8-6-16;1-21(18,19)14-12-8-7-10(15(16)17)9-13(12)20-11-5-3-2-4-6-11/h4-14,17H,15-16,18H2,1-3H3;3-13,16H,14-15,17H2,1-2H3,(H,29,31);5-10,13H,3-4,11-12,14H2,1-2H3;7-9,11,14H,2-6H2,1H3. The second-order valence-electron chi connectivity index (χ2n) is 28.7. The number of rotatable bonds is 23. The lowest BCUT2D eigenvalue weighted by Gasteiger charge is -2.24. The highest BCUT2D eigenvalue weighted by atomic mass is 35.5. The van der Waals surface area contributed by atoms with Gasteiger partial charge in [-0.2, -0.15) is 0 Å². The largest absolute Gasteiger partial charge is 0.497 e. The van der Waals surface area contributed by atoms with Crippen LogP contribution < -0.4 is 29.0 Å². The smallest absolute Gasteiger partial charge is 0.273 e. The van der Waals surface area contributed by atoms with Gasteiger partial charge in [0.15, 0.2) is 5.75 Å². The van der Waals surface area contributed by atoms with Gasteiger partial charge in [-0.15, -0.1) is 0 Å². The summed E-state index contributed by atoms with van der Waals surface area (Å²) in [6.07, 6.45) is 10.3. The van der Waals surface area contributed by atoms with Gasteiger partial charge in [-0.05, 0) is 233 Å². The Hall–Kier alpha value is -11.8. The van der Waals surface area contributed by atoms with Crippen molar-refractivity contribution in [2.75, 3.05) is 65.5 Å². The molecule has 1 aliphatic heterocycles. The molecule has 1 saturated carbocycles. The second kappa shape index (κ2) is 39.7. The molecule has 2 aliphatic rings. The van der Waals surface area contributed by atoms with Gasteiger partial charge in [0.2, 0.25) is 27.7 Å². The molecule has 0 spiro atoms. The van der Waals surface area contributed by atoms with Crippen LogP contribution in [0.3, 0.4) is 0 Å². The van der Waals surface area contributed by atoms with Crippen molar-refractivity contribution in [3.8, 4) is 23.0 Å². The maximum Gasteiger partial charge on any atom is 0.273 e. The van der Waals surface area contributed by atoms with Gasteiger partial charge in [0.1, 0.15) is 17.2 Å². The van der Waals surface area contributed by atoms with Gasteiger partial charge in [-0.25, -0.2) is 8.42 Å². The number of nitro benzene ring substituents is 1. The highest BCUT2D eigenvalue weighted by Crippen LogP contribution is 2.37. The average Bonchev–Trinajstić information content (AvgIpc) is 1.63. The molecule has 22 nitrogen and oxygen atoms in total. The third kappa shape index (κ3) is 21.9. The Morgan fingerprint density at radius 2 is 0.923 bits per heavy atom. The molecule has 4 heterocycles. The van der Waals surface area contributed by atoms with Crippen LogP contribution in [0.2, 0.25) is 15.1 Å². The molecule has 14 rings (SSSR count). The second-order valence-corrected chi connectivity index (χ2v) is 31.8. The molecule has 3 aromatic heterocycles. The summed E-state index contributed by atoms with van der Waals surface area (Å²) in [7, 11) is 3.16. The van der Waals surface area contributed by atoms with Crippen molar-refractivity contribution in [2.24, 2.45) is 0 Å². The van der Waals surface area contributed by atoms with E-state index in [1.165, 1.54) is 29.3 Å². The van der Waals surface area contributed by atoms with Crippen LogP contribution in [0.15, 0.2) is 206 Å². The van der Waals surface area contributed by atoms with Crippen LogP contribution in [-0.4, -0.2) is 139 Å². The van der Waals surface area contributed by atoms with Gasteiger partial charge in [0.25, 0.3) is 23.4 Å². The number of carbonyl (C=O) groups excluding carboxylic acids is 6. The number of ether oxygens (including phenoxy) is 4. The number of aromatic nitrogens is 3. The molecule has 0 bridgehead atoms. The zero-order chi connectivity index (χ0) is 83.6. The Labute approximate surface area is 695 Å². The van der Waals surface area contributed by atoms with E-state index in [2.05, 4.69) is 22.2 Å². The zero-order valence-electron chi connectivity index (χ0n) is 66.5. The van der Waals surface area contributed by atoms with E-state index >= 15 is 0 Å². The van der Waals surface area contributed by atoms with Gasteiger partial charge in [0.05, 0.1) is 86.2 Å². The third-order valence-corrected chi connectivity index (χ3v) is 22.2. The summed E-state index contributed by atoms with van der Waals surface area (Å²) >= 11 is 18.0. The first-order chi connectivity index (χ1) is 56.2. The van der Waals surface area contributed by atoms with E-state index in [1.54, 1.807) is 113 Å². The quantitative estimate of drug-likeness (QED) is 0.0446. The van der Waals surface area contributed by atoms with E-state index in [4.69, 9.17) is 53.8 Å². The molecule has 0 unspecified atom stereocenters. The maximum atomic E-state index is 13.4. The lowest BCUT2D eigenvalue weighted by molar-refractivity contribution is -0.384. The number of halogens is 3. The first-order valence-electron chi connectivity index (χ1n) is 38.4. The number of likely N-dealkylation sites (N-methyl/N-ethyl adjacent to an activating group) is 1. The molecule has 0 radical (unpaired) electrons. The van der Waals surface area contributed by atoms with Crippen molar-refractivity contribution in [3.63, 3.8) is 0 Å². The number of fused-ring (bicyclic) bond motifs is 3. The molecule has 117 heavy (non-hydrogen) atoms. The minimum absolute atomic E-state index is 0.000145. The number of non-ortho nitro benzene ring substituents is 1. The number of amides is 3. The zero-order valence-corrected chi connectivity index (χ0v) is 69.5. The van der Waals surface area contributed by atoms with Crippen LogP contribution in [0.25, 0.3) is 32.7 Å². The molecule has 0 atom stereocenters. The van der Waals surface area contributed by atoms with Gasteiger partial charge in [-0.3, -0.25) is 57.3 Å². The van der Waals surface area contributed by atoms with E-state index in [1.807, 2.05) is 136 Å². The maximum absolute atomic E-state index is 13.4. The molecule has 608 valence electrons. The number of nitrogens with zero attached hydrogens (tertiary/aromatic N) is 6. The number of sulfonamides is 1. The Balaban J connectivity index is 0.000000155. The van der Waals surface area contributed by atoms with Gasteiger partial charge in [0, 0.05) is 104 Å². The number of methoxy groups -OCH3 is 3. The molecule has 26 heteroatoms. The Bertz CT molecular complexity index is 5710. The summed E-state index contributed by atoms with van der Waals surface area (Å²) in [6.45, 7) is 8.43. The van der Waals surface area contributed by atoms with Crippen molar-refractivity contribution in [2.45, 2.75) is 104 Å². The summed E-state index contributed by atoms with van der Waals surface area (Å²) in [5.74, 6) is 1.79. The van der Waals surface area contributed by atoms with E-state index in [-0.39, 0.29) is 77.9 Å². The number of hydrogen-bond acceptors (Lipinski definition) is 14. The van der Waals surface area contributed by atoms with Gasteiger partial charge in [-0.1, -0.05) is 102 Å². The Morgan fingerprint density at radius 1 is 0.513 bits per heavy atom. The minimum atomic E-state index is -3.47. The summed E-state index contributed by atoms with van der Waals surface area (Å²) in [5, 5.41) is 18.1. The van der Waals surface area contributed by atoms with Crippen molar-refractivity contribution >= 4 is 124 Å². The van der Waals surface area contributed by atoms with Gasteiger partial charge < -0.3 is 34.1 Å². The fraction of sp³-hybridized carbons (Fsp3) is 0.275. The SMILES string of the molecule is COc1ccc2c(c1)c(CC(=O)N(C)CCc1ccccc1)c(C)n2C(=O)c1ccc(Cl)cc1.COc1ccc2c(c1)c(CC(=O)N1CCCC1)c(C)n2C(=O)c1ccc(Cl)cc1.COc1ccc2c(c1)c(CC(=O)NCCc1ccccc1)c(C)n2C(=O)c1ccc(Cl)cc1.CS(=O)(=O)Nc1ccc([N+](=O)[O-])cc1OC1CCCCC1. The molecule has 2 fully saturated rings. The van der Waals surface area contributed by atoms with Crippen molar-refractivity contribution in [1.82, 2.24) is 28.8 Å². The Kier molecular flexibility index (Phi) is 29.2. The Morgan fingerprint density at radius 3 is 1.33 bits per heavy atom. The van der Waals surface area contributed by atoms with Crippen molar-refractivity contribution in [1.29, 1.82) is 0 Å². The summed E-state index contributed by atoms with van der Waals surface area (Å²) in [5.41, 5.74) is 11.1. The summed E-state index contributed by atoms with van der Waals surface area (Å²) in [4.78, 5) is 92.9. The lowest BCUT2D eigenvalue weighted by Crippen LogP contribution is -2.30. The van der Waals surface area contributed by atoms with Crippen LogP contribution in [0.4, 0.5) is 11.4 Å². The van der Waals surface area contributed by atoms with Crippen LogP contribution in [-0.2, 0) is 56.5 Å². The third-order valence-electron chi connectivity index (χ3n) is 20.9. The topological polar surface area (TPSA) is 262 Å². The predicted molar refractivity (Wildman–Crippen MR) is 460 cm³/mol. The fourth-order valence-corrected chi connectivity index (χ4v) is 15.5. The van der Waals surface area contributed by atoms with Crippen LogP contribution >= 0.6 is 34.8 Å². The molecule has 2 N–H and O–H groups in total. The minimum Gasteiger partial charge on any atom is -0.497 e. The number of hydrogen-bond donors (Lipinski definition) is 2. The molecule has 12 aromatic rings. The van der Waals surface area contributed by atoms with E-state index in [0.717, 1.165) is 144 Å². The average molecular weight is 1660 g/mol. The lowest BCUT2D eigenvalue weighted by atomic mass is 9.98. The monoisotopic (exact) mass is 1660 g/mol. The number of likely N-dealkylation sites (tertiary alicyclic amines) is 1.